The highest BCUT2D eigenvalue weighted by molar-refractivity contribution is 5.95. The molecule has 0 radical (unpaired) electrons. The number of carbonyl (C=O) groups is 1. The van der Waals surface area contributed by atoms with E-state index in [1.54, 1.807) is 0 Å². The van der Waals surface area contributed by atoms with Gasteiger partial charge in [-0.25, -0.2) is 0 Å². The van der Waals surface area contributed by atoms with Crippen molar-refractivity contribution >= 4 is 5.91 Å². The van der Waals surface area contributed by atoms with Gasteiger partial charge in [-0.2, -0.15) is 0 Å². The van der Waals surface area contributed by atoms with Gasteiger partial charge in [0.25, 0.3) is 0 Å². The number of allylic oxidation sites excluding steroid dienone is 1. The van der Waals surface area contributed by atoms with Crippen molar-refractivity contribution in [3.05, 3.63) is 11.6 Å². The Balaban J connectivity index is 1.44. The molecule has 1 heterocycles. The maximum Gasteiger partial charge on any atom is 0.247 e. The predicted octanol–water partition coefficient (Wildman–Crippen LogP) is 7.04. The van der Waals surface area contributed by atoms with E-state index in [0.29, 0.717) is 17.3 Å². The maximum absolute atomic E-state index is 12.9. The van der Waals surface area contributed by atoms with Crippen molar-refractivity contribution in [1.82, 2.24) is 5.32 Å². The topological polar surface area (TPSA) is 29.1 Å². The van der Waals surface area contributed by atoms with Gasteiger partial charge in [-0.05, 0) is 80.5 Å². The summed E-state index contributed by atoms with van der Waals surface area (Å²) in [5, 5.41) is 3.38. The highest BCUT2D eigenvalue weighted by Gasteiger charge is 2.58. The second kappa shape index (κ2) is 8.75. The lowest BCUT2D eigenvalue weighted by Crippen LogP contribution is -2.48. The van der Waals surface area contributed by atoms with Crippen LogP contribution < -0.4 is 5.32 Å². The first-order chi connectivity index (χ1) is 14.0. The minimum absolute atomic E-state index is 0.127. The van der Waals surface area contributed by atoms with E-state index in [4.69, 9.17) is 0 Å². The first-order valence-corrected chi connectivity index (χ1v) is 13.0. The highest BCUT2D eigenvalue weighted by atomic mass is 16.1. The van der Waals surface area contributed by atoms with Crippen molar-refractivity contribution in [2.24, 2.45) is 34.5 Å². The summed E-state index contributed by atoms with van der Waals surface area (Å²) in [6.07, 6.45) is 21.4. The van der Waals surface area contributed by atoms with E-state index in [9.17, 15) is 4.79 Å². The summed E-state index contributed by atoms with van der Waals surface area (Å²) in [5.41, 5.74) is 1.79. The fraction of sp³-hybridized carbons (Fsp3) is 0.889. The van der Waals surface area contributed by atoms with E-state index in [1.807, 2.05) is 0 Å². The second-order valence-corrected chi connectivity index (χ2v) is 11.4. The molecule has 0 aromatic carbocycles. The molecule has 3 fully saturated rings. The Hall–Kier alpha value is -0.790. The summed E-state index contributed by atoms with van der Waals surface area (Å²) in [6, 6.07) is 0. The zero-order chi connectivity index (χ0) is 20.5. The normalized spacial score (nSPS) is 41.6. The second-order valence-electron chi connectivity index (χ2n) is 11.4. The third kappa shape index (κ3) is 3.83. The van der Waals surface area contributed by atoms with Crippen LogP contribution in [0.5, 0.6) is 0 Å². The van der Waals surface area contributed by atoms with Gasteiger partial charge < -0.3 is 5.32 Å². The molecule has 164 valence electrons. The molecule has 0 spiro atoms. The van der Waals surface area contributed by atoms with Gasteiger partial charge in [-0.3, -0.25) is 4.79 Å². The third-order valence-corrected chi connectivity index (χ3v) is 9.96. The number of fused-ring (bicyclic) bond motifs is 5. The Morgan fingerprint density at radius 3 is 2.62 bits per heavy atom. The van der Waals surface area contributed by atoms with Gasteiger partial charge in [-0.15, -0.1) is 0 Å². The highest BCUT2D eigenvalue weighted by Crippen LogP contribution is 2.64. The number of rotatable bonds is 7. The molecule has 4 aliphatic rings. The summed E-state index contributed by atoms with van der Waals surface area (Å²) >= 11 is 0. The van der Waals surface area contributed by atoms with Crippen LogP contribution in [0.25, 0.3) is 0 Å². The zero-order valence-corrected chi connectivity index (χ0v) is 19.4. The van der Waals surface area contributed by atoms with E-state index in [0.717, 1.165) is 30.4 Å². The van der Waals surface area contributed by atoms with E-state index >= 15 is 0 Å². The van der Waals surface area contributed by atoms with Crippen molar-refractivity contribution in [3.63, 3.8) is 0 Å². The molecule has 1 amide bonds. The lowest BCUT2D eigenvalue weighted by molar-refractivity contribution is -0.118. The Morgan fingerprint density at radius 1 is 1.00 bits per heavy atom. The Labute approximate surface area is 179 Å². The Morgan fingerprint density at radius 2 is 1.79 bits per heavy atom. The van der Waals surface area contributed by atoms with Crippen LogP contribution in [-0.2, 0) is 4.79 Å². The van der Waals surface area contributed by atoms with Gasteiger partial charge >= 0.3 is 0 Å². The van der Waals surface area contributed by atoms with Crippen molar-refractivity contribution in [2.45, 2.75) is 111 Å². The number of hydrogen-bond donors (Lipinski definition) is 1. The standard InChI is InChI=1S/C27H45NO/c1-4-5-6-7-8-9-12-20-14-15-22-21-19-28-25(29)24-13-10-11-17-27(24,3)23(21)16-18-26(20,22)2/h13,20-23H,4-12,14-19H2,1-3H3,(H,28,29)/t20?,21?,22?,23?,26-,27-/m1/s1. The van der Waals surface area contributed by atoms with Crippen LogP contribution >= 0.6 is 0 Å². The minimum atomic E-state index is 0.127. The van der Waals surface area contributed by atoms with Gasteiger partial charge in [-0.1, -0.05) is 65.4 Å². The first-order valence-electron chi connectivity index (χ1n) is 13.0. The summed E-state index contributed by atoms with van der Waals surface area (Å²) in [4.78, 5) is 12.9. The zero-order valence-electron chi connectivity index (χ0n) is 19.4. The number of hydrogen-bond acceptors (Lipinski definition) is 1. The molecule has 4 rings (SSSR count). The molecule has 2 saturated carbocycles. The molecule has 2 nitrogen and oxygen atoms in total. The summed E-state index contributed by atoms with van der Waals surface area (Å²) in [6.45, 7) is 8.31. The van der Waals surface area contributed by atoms with Gasteiger partial charge in [0.2, 0.25) is 5.91 Å². The molecular formula is C27H45NO. The van der Waals surface area contributed by atoms with Crippen LogP contribution in [0.3, 0.4) is 0 Å². The van der Waals surface area contributed by atoms with E-state index < -0.39 is 0 Å². The smallest absolute Gasteiger partial charge is 0.247 e. The molecule has 0 bridgehead atoms. The fourth-order valence-electron chi connectivity index (χ4n) is 8.24. The number of amides is 1. The molecule has 1 N–H and O–H groups in total. The van der Waals surface area contributed by atoms with Gasteiger partial charge in [0.15, 0.2) is 0 Å². The molecule has 3 aliphatic carbocycles. The Bertz CT molecular complexity index is 624. The van der Waals surface area contributed by atoms with E-state index in [1.165, 1.54) is 83.5 Å². The minimum Gasteiger partial charge on any atom is -0.352 e. The van der Waals surface area contributed by atoms with Crippen LogP contribution in [0.15, 0.2) is 11.6 Å². The van der Waals surface area contributed by atoms with E-state index in [-0.39, 0.29) is 11.3 Å². The average molecular weight is 400 g/mol. The molecule has 2 heteroatoms. The third-order valence-electron chi connectivity index (χ3n) is 9.96. The monoisotopic (exact) mass is 399 g/mol. The van der Waals surface area contributed by atoms with Crippen molar-refractivity contribution in [1.29, 1.82) is 0 Å². The van der Waals surface area contributed by atoms with Crippen LogP contribution in [0.4, 0.5) is 0 Å². The predicted molar refractivity (Wildman–Crippen MR) is 122 cm³/mol. The van der Waals surface area contributed by atoms with Crippen LogP contribution in [0, 0.1) is 34.5 Å². The average Bonchev–Trinajstić information content (AvgIpc) is 2.99. The largest absolute Gasteiger partial charge is 0.352 e. The van der Waals surface area contributed by atoms with E-state index in [2.05, 4.69) is 32.2 Å². The van der Waals surface area contributed by atoms with Crippen molar-refractivity contribution < 1.29 is 4.79 Å². The van der Waals surface area contributed by atoms with Gasteiger partial charge in [0, 0.05) is 17.5 Å². The van der Waals surface area contributed by atoms with Crippen LogP contribution in [0.2, 0.25) is 0 Å². The molecule has 29 heavy (non-hydrogen) atoms. The lowest BCUT2D eigenvalue weighted by atomic mass is 9.51. The first kappa shape index (κ1) is 21.4. The van der Waals surface area contributed by atoms with Gasteiger partial charge in [0.05, 0.1) is 0 Å². The molecule has 0 aromatic heterocycles. The number of unbranched alkanes of at least 4 members (excludes halogenated alkanes) is 5. The summed E-state index contributed by atoms with van der Waals surface area (Å²) in [7, 11) is 0. The maximum atomic E-state index is 12.9. The SMILES string of the molecule is CCCCCCCCC1CCC2C3CNC(=O)C4=CCCC[C@]4(C)C3CC[C@]12C. The molecule has 6 atom stereocenters. The summed E-state index contributed by atoms with van der Waals surface area (Å²) in [5.74, 6) is 3.41. The molecular weight excluding hydrogens is 354 g/mol. The van der Waals surface area contributed by atoms with Crippen molar-refractivity contribution in [3.8, 4) is 0 Å². The lowest BCUT2D eigenvalue weighted by Gasteiger charge is -2.53. The van der Waals surface area contributed by atoms with Crippen LogP contribution in [-0.4, -0.2) is 12.5 Å². The summed E-state index contributed by atoms with van der Waals surface area (Å²) < 4.78 is 0. The molecule has 1 aliphatic heterocycles. The van der Waals surface area contributed by atoms with Crippen molar-refractivity contribution in [2.75, 3.05) is 6.54 Å². The quantitative estimate of drug-likeness (QED) is 0.457. The fourth-order valence-corrected chi connectivity index (χ4v) is 8.24. The van der Waals surface area contributed by atoms with Crippen LogP contribution in [0.1, 0.15) is 111 Å². The molecule has 4 unspecified atom stereocenters. The Kier molecular flexibility index (Phi) is 6.47. The molecule has 0 aromatic rings. The molecule has 1 saturated heterocycles. The number of nitrogens with one attached hydrogen (secondary N) is 1. The van der Waals surface area contributed by atoms with Gasteiger partial charge in [0.1, 0.15) is 0 Å². The number of carbonyl (C=O) groups excluding carboxylic acids is 1.